The number of anilines is 1. The lowest BCUT2D eigenvalue weighted by Gasteiger charge is -2.14. The third kappa shape index (κ3) is 5.13. The summed E-state index contributed by atoms with van der Waals surface area (Å²) in [6, 6.07) is 10.6. The number of ether oxygens (including phenoxy) is 3. The zero-order valence-corrected chi connectivity index (χ0v) is 15.9. The van der Waals surface area contributed by atoms with E-state index in [0.717, 1.165) is 6.42 Å². The van der Waals surface area contributed by atoms with Gasteiger partial charge in [-0.25, -0.2) is 0 Å². The van der Waals surface area contributed by atoms with Gasteiger partial charge in [0.1, 0.15) is 0 Å². The monoisotopic (exact) mass is 372 g/mol. The number of hydrogen-bond donors (Lipinski definition) is 2. The Morgan fingerprint density at radius 2 is 1.52 bits per heavy atom. The van der Waals surface area contributed by atoms with Gasteiger partial charge in [0.2, 0.25) is 11.7 Å². The number of methoxy groups -OCH3 is 3. The highest BCUT2D eigenvalue weighted by atomic mass is 16.5. The summed E-state index contributed by atoms with van der Waals surface area (Å²) in [5, 5.41) is 5.32. The van der Waals surface area contributed by atoms with Crippen LogP contribution in [-0.4, -0.2) is 39.7 Å². The highest BCUT2D eigenvalue weighted by Crippen LogP contribution is 2.38. The average Bonchev–Trinajstić information content (AvgIpc) is 2.71. The van der Waals surface area contributed by atoms with Gasteiger partial charge < -0.3 is 24.8 Å². The second-order valence-corrected chi connectivity index (χ2v) is 5.70. The molecule has 0 atom stereocenters. The van der Waals surface area contributed by atoms with E-state index in [1.54, 1.807) is 0 Å². The summed E-state index contributed by atoms with van der Waals surface area (Å²) in [5.74, 6) is 0.375. The Morgan fingerprint density at radius 1 is 0.926 bits per heavy atom. The van der Waals surface area contributed by atoms with E-state index < -0.39 is 5.91 Å². The second-order valence-electron chi connectivity index (χ2n) is 5.70. The Balaban J connectivity index is 2.01. The van der Waals surface area contributed by atoms with Gasteiger partial charge in [-0.05, 0) is 36.2 Å². The minimum atomic E-state index is -0.425. The first-order valence-electron chi connectivity index (χ1n) is 8.49. The van der Waals surface area contributed by atoms with Crippen molar-refractivity contribution in [3.05, 3.63) is 47.5 Å². The third-order valence-electron chi connectivity index (χ3n) is 3.98. The molecule has 0 unspecified atom stereocenters. The van der Waals surface area contributed by atoms with Crippen molar-refractivity contribution in [2.24, 2.45) is 0 Å². The standard InChI is InChI=1S/C20H24N2O5/c1-5-13-6-8-15(9-7-13)22-18(23)12-21-20(24)14-10-16(25-2)19(27-4)17(11-14)26-3/h6-11H,5,12H2,1-4H3,(H,21,24)(H,22,23). The predicted octanol–water partition coefficient (Wildman–Crippen LogP) is 2.64. The Kier molecular flexibility index (Phi) is 7.05. The van der Waals surface area contributed by atoms with Gasteiger partial charge in [-0.1, -0.05) is 19.1 Å². The highest BCUT2D eigenvalue weighted by molar-refractivity contribution is 6.00. The molecule has 0 fully saturated rings. The predicted molar refractivity (Wildman–Crippen MR) is 103 cm³/mol. The smallest absolute Gasteiger partial charge is 0.251 e. The molecule has 0 aliphatic carbocycles. The van der Waals surface area contributed by atoms with E-state index in [0.29, 0.717) is 28.5 Å². The molecule has 0 spiro atoms. The van der Waals surface area contributed by atoms with Crippen molar-refractivity contribution >= 4 is 17.5 Å². The second kappa shape index (κ2) is 9.47. The van der Waals surface area contributed by atoms with E-state index in [1.807, 2.05) is 24.3 Å². The number of benzene rings is 2. The van der Waals surface area contributed by atoms with Gasteiger partial charge in [0.15, 0.2) is 11.5 Å². The quantitative estimate of drug-likeness (QED) is 0.744. The molecule has 2 aromatic carbocycles. The molecule has 7 nitrogen and oxygen atoms in total. The summed E-state index contributed by atoms with van der Waals surface area (Å²) in [5.41, 5.74) is 2.16. The first kappa shape index (κ1) is 20.1. The molecule has 0 bridgehead atoms. The van der Waals surface area contributed by atoms with Crippen LogP contribution in [0.2, 0.25) is 0 Å². The molecule has 2 rings (SSSR count). The summed E-state index contributed by atoms with van der Waals surface area (Å²) >= 11 is 0. The normalized spacial score (nSPS) is 10.1. The van der Waals surface area contributed by atoms with Crippen molar-refractivity contribution in [1.82, 2.24) is 5.32 Å². The van der Waals surface area contributed by atoms with Gasteiger partial charge in [-0.2, -0.15) is 0 Å². The van der Waals surface area contributed by atoms with E-state index >= 15 is 0 Å². The first-order chi connectivity index (χ1) is 13.0. The number of carbonyl (C=O) groups is 2. The summed E-state index contributed by atoms with van der Waals surface area (Å²) < 4.78 is 15.7. The average molecular weight is 372 g/mol. The van der Waals surface area contributed by atoms with Crippen molar-refractivity contribution in [3.63, 3.8) is 0 Å². The number of aryl methyl sites for hydroxylation is 1. The zero-order chi connectivity index (χ0) is 19.8. The topological polar surface area (TPSA) is 85.9 Å². The Bertz CT molecular complexity index is 778. The zero-order valence-electron chi connectivity index (χ0n) is 15.9. The SMILES string of the molecule is CCc1ccc(NC(=O)CNC(=O)c2cc(OC)c(OC)c(OC)c2)cc1. The Morgan fingerprint density at radius 3 is 2.00 bits per heavy atom. The van der Waals surface area contributed by atoms with E-state index in [1.165, 1.54) is 39.0 Å². The molecule has 0 radical (unpaired) electrons. The maximum absolute atomic E-state index is 12.4. The molecule has 2 amide bonds. The molecule has 2 aromatic rings. The van der Waals surface area contributed by atoms with Crippen LogP contribution in [0.4, 0.5) is 5.69 Å². The maximum atomic E-state index is 12.4. The van der Waals surface area contributed by atoms with Crippen molar-refractivity contribution < 1.29 is 23.8 Å². The van der Waals surface area contributed by atoms with Crippen LogP contribution in [-0.2, 0) is 11.2 Å². The Labute approximate surface area is 158 Å². The molecule has 27 heavy (non-hydrogen) atoms. The van der Waals surface area contributed by atoms with Gasteiger partial charge in [-0.3, -0.25) is 9.59 Å². The van der Waals surface area contributed by atoms with Crippen LogP contribution < -0.4 is 24.8 Å². The van der Waals surface area contributed by atoms with E-state index in [2.05, 4.69) is 17.6 Å². The number of rotatable bonds is 8. The van der Waals surface area contributed by atoms with E-state index in [-0.39, 0.29) is 12.5 Å². The van der Waals surface area contributed by atoms with Crippen LogP contribution in [0.15, 0.2) is 36.4 Å². The molecule has 0 aromatic heterocycles. The molecule has 144 valence electrons. The number of amides is 2. The summed E-state index contributed by atoms with van der Waals surface area (Å²) in [4.78, 5) is 24.4. The van der Waals surface area contributed by atoms with Gasteiger partial charge >= 0.3 is 0 Å². The van der Waals surface area contributed by atoms with Crippen LogP contribution in [0.5, 0.6) is 17.2 Å². The van der Waals surface area contributed by atoms with Crippen LogP contribution in [0, 0.1) is 0 Å². The third-order valence-corrected chi connectivity index (χ3v) is 3.98. The fourth-order valence-electron chi connectivity index (χ4n) is 2.50. The van der Waals surface area contributed by atoms with Crippen LogP contribution in [0.3, 0.4) is 0 Å². The highest BCUT2D eigenvalue weighted by Gasteiger charge is 2.17. The molecule has 2 N–H and O–H groups in total. The summed E-state index contributed by atoms with van der Waals surface area (Å²) in [6.07, 6.45) is 0.930. The van der Waals surface area contributed by atoms with Crippen LogP contribution in [0.25, 0.3) is 0 Å². The molecule has 0 aliphatic heterocycles. The summed E-state index contributed by atoms with van der Waals surface area (Å²) in [6.45, 7) is 1.90. The fraction of sp³-hybridized carbons (Fsp3) is 0.300. The Hall–Kier alpha value is -3.22. The number of nitrogens with one attached hydrogen (secondary N) is 2. The summed E-state index contributed by atoms with van der Waals surface area (Å²) in [7, 11) is 4.42. The van der Waals surface area contributed by atoms with E-state index in [4.69, 9.17) is 14.2 Å². The molecular formula is C20H24N2O5. The van der Waals surface area contributed by atoms with Crippen molar-refractivity contribution in [2.45, 2.75) is 13.3 Å². The lowest BCUT2D eigenvalue weighted by Crippen LogP contribution is -2.32. The van der Waals surface area contributed by atoms with Crippen LogP contribution >= 0.6 is 0 Å². The molecule has 0 saturated heterocycles. The number of carbonyl (C=O) groups excluding carboxylic acids is 2. The van der Waals surface area contributed by atoms with Crippen molar-refractivity contribution in [3.8, 4) is 17.2 Å². The fourth-order valence-corrected chi connectivity index (χ4v) is 2.50. The molecule has 7 heteroatoms. The molecule has 0 heterocycles. The molecule has 0 aliphatic rings. The molecular weight excluding hydrogens is 348 g/mol. The lowest BCUT2D eigenvalue weighted by atomic mass is 10.1. The van der Waals surface area contributed by atoms with Gasteiger partial charge in [0.25, 0.3) is 5.91 Å². The van der Waals surface area contributed by atoms with Gasteiger partial charge in [-0.15, -0.1) is 0 Å². The maximum Gasteiger partial charge on any atom is 0.251 e. The van der Waals surface area contributed by atoms with Crippen LogP contribution in [0.1, 0.15) is 22.8 Å². The number of hydrogen-bond acceptors (Lipinski definition) is 5. The lowest BCUT2D eigenvalue weighted by molar-refractivity contribution is -0.115. The minimum absolute atomic E-state index is 0.162. The largest absolute Gasteiger partial charge is 0.493 e. The van der Waals surface area contributed by atoms with Gasteiger partial charge in [0, 0.05) is 11.3 Å². The van der Waals surface area contributed by atoms with E-state index in [9.17, 15) is 9.59 Å². The minimum Gasteiger partial charge on any atom is -0.493 e. The van der Waals surface area contributed by atoms with Crippen molar-refractivity contribution in [1.29, 1.82) is 0 Å². The first-order valence-corrected chi connectivity index (χ1v) is 8.49. The van der Waals surface area contributed by atoms with Crippen molar-refractivity contribution in [2.75, 3.05) is 33.2 Å². The van der Waals surface area contributed by atoms with Gasteiger partial charge in [0.05, 0.1) is 27.9 Å². The molecule has 0 saturated carbocycles.